The topological polar surface area (TPSA) is 52.8 Å². The third-order valence-electron chi connectivity index (χ3n) is 5.51. The summed E-state index contributed by atoms with van der Waals surface area (Å²) in [6.07, 6.45) is 12.1. The Kier molecular flexibility index (Phi) is 9.82. The molecule has 26 heavy (non-hydrogen) atoms. The number of nitrogens with zero attached hydrogens (tertiary/aromatic N) is 2. The summed E-state index contributed by atoms with van der Waals surface area (Å²) >= 11 is 0. The summed E-state index contributed by atoms with van der Waals surface area (Å²) in [6.45, 7) is 6.23. The van der Waals surface area contributed by atoms with Crippen LogP contribution in [0.3, 0.4) is 0 Å². The maximum Gasteiger partial charge on any atom is 0.191 e. The minimum Gasteiger partial charge on any atom is -0.469 e. The van der Waals surface area contributed by atoms with Gasteiger partial charge in [-0.3, -0.25) is 4.99 Å². The predicted molar refractivity (Wildman–Crippen MR) is 118 cm³/mol. The number of likely N-dealkylation sites (tertiary alicyclic amines) is 1. The molecule has 1 aliphatic heterocycles. The van der Waals surface area contributed by atoms with Crippen molar-refractivity contribution in [2.24, 2.45) is 4.99 Å². The van der Waals surface area contributed by atoms with Crippen molar-refractivity contribution < 1.29 is 4.42 Å². The number of nitrogens with one attached hydrogen (secondary N) is 2. The summed E-state index contributed by atoms with van der Waals surface area (Å²) in [5.41, 5.74) is 0. The van der Waals surface area contributed by atoms with Crippen LogP contribution in [0.4, 0.5) is 0 Å². The molecule has 1 aromatic heterocycles. The van der Waals surface area contributed by atoms with Crippen molar-refractivity contribution in [1.29, 1.82) is 0 Å². The van der Waals surface area contributed by atoms with Crippen LogP contribution in [0.1, 0.15) is 57.6 Å². The second-order valence-corrected chi connectivity index (χ2v) is 7.34. The van der Waals surface area contributed by atoms with Gasteiger partial charge < -0.3 is 20.0 Å². The monoisotopic (exact) mass is 474 g/mol. The fraction of sp³-hybridized carbons (Fsp3) is 0.750. The smallest absolute Gasteiger partial charge is 0.191 e. The van der Waals surface area contributed by atoms with Gasteiger partial charge in [-0.1, -0.05) is 19.3 Å². The van der Waals surface area contributed by atoms with E-state index in [-0.39, 0.29) is 24.0 Å². The maximum atomic E-state index is 5.38. The summed E-state index contributed by atoms with van der Waals surface area (Å²) < 4.78 is 5.38. The summed E-state index contributed by atoms with van der Waals surface area (Å²) in [4.78, 5) is 7.45. The van der Waals surface area contributed by atoms with Gasteiger partial charge in [0.25, 0.3) is 0 Å². The second kappa shape index (κ2) is 11.8. The highest BCUT2D eigenvalue weighted by molar-refractivity contribution is 14.0. The molecule has 148 valence electrons. The zero-order valence-electron chi connectivity index (χ0n) is 16.1. The van der Waals surface area contributed by atoms with Crippen molar-refractivity contribution in [1.82, 2.24) is 15.5 Å². The molecule has 1 aromatic rings. The molecule has 2 fully saturated rings. The molecule has 0 aromatic carbocycles. The number of rotatable bonds is 6. The van der Waals surface area contributed by atoms with Crippen molar-refractivity contribution in [3.63, 3.8) is 0 Å². The number of hydrogen-bond acceptors (Lipinski definition) is 3. The van der Waals surface area contributed by atoms with Crippen molar-refractivity contribution in [3.8, 4) is 0 Å². The number of furan rings is 1. The average molecular weight is 474 g/mol. The average Bonchev–Trinajstić information content (AvgIpc) is 3.17. The van der Waals surface area contributed by atoms with Gasteiger partial charge in [0.15, 0.2) is 5.96 Å². The van der Waals surface area contributed by atoms with Crippen LogP contribution in [0.25, 0.3) is 0 Å². The third-order valence-corrected chi connectivity index (χ3v) is 5.51. The lowest BCUT2D eigenvalue weighted by molar-refractivity contribution is 0.119. The molecule has 0 atom stereocenters. The first kappa shape index (κ1) is 21.5. The highest BCUT2D eigenvalue weighted by Crippen LogP contribution is 2.25. The number of piperidine rings is 1. The van der Waals surface area contributed by atoms with E-state index < -0.39 is 0 Å². The Hall–Kier alpha value is -0.760. The summed E-state index contributed by atoms with van der Waals surface area (Å²) in [5, 5.41) is 7.02. The Morgan fingerprint density at radius 1 is 1.19 bits per heavy atom. The molecule has 2 aliphatic rings. The molecule has 6 heteroatoms. The van der Waals surface area contributed by atoms with E-state index in [1.807, 2.05) is 12.1 Å². The number of hydrogen-bond donors (Lipinski definition) is 2. The zero-order valence-corrected chi connectivity index (χ0v) is 18.4. The molecule has 0 unspecified atom stereocenters. The Balaban J connectivity index is 0.00000243. The first-order valence-electron chi connectivity index (χ1n) is 10.2. The molecule has 2 N–H and O–H groups in total. The second-order valence-electron chi connectivity index (χ2n) is 7.34. The van der Waals surface area contributed by atoms with Gasteiger partial charge in [-0.15, -0.1) is 24.0 Å². The zero-order chi connectivity index (χ0) is 17.3. The highest BCUT2D eigenvalue weighted by atomic mass is 127. The van der Waals surface area contributed by atoms with Crippen LogP contribution >= 0.6 is 24.0 Å². The van der Waals surface area contributed by atoms with Crippen molar-refractivity contribution in [2.45, 2.75) is 70.4 Å². The number of halogens is 1. The van der Waals surface area contributed by atoms with E-state index in [4.69, 9.17) is 9.41 Å². The van der Waals surface area contributed by atoms with Gasteiger partial charge in [-0.2, -0.15) is 0 Å². The molecule has 1 aliphatic carbocycles. The van der Waals surface area contributed by atoms with Gasteiger partial charge >= 0.3 is 0 Å². The van der Waals surface area contributed by atoms with E-state index in [9.17, 15) is 0 Å². The molecule has 5 nitrogen and oxygen atoms in total. The fourth-order valence-corrected chi connectivity index (χ4v) is 4.10. The number of guanidine groups is 1. The maximum absolute atomic E-state index is 5.38. The molecular weight excluding hydrogens is 439 g/mol. The lowest BCUT2D eigenvalue weighted by Crippen LogP contribution is -2.51. The van der Waals surface area contributed by atoms with Gasteiger partial charge in [0.1, 0.15) is 5.76 Å². The van der Waals surface area contributed by atoms with E-state index >= 15 is 0 Å². The Bertz CT molecular complexity index is 506. The largest absolute Gasteiger partial charge is 0.469 e. The minimum atomic E-state index is 0. The highest BCUT2D eigenvalue weighted by Gasteiger charge is 2.26. The predicted octanol–water partition coefficient (Wildman–Crippen LogP) is 3.79. The van der Waals surface area contributed by atoms with Gasteiger partial charge in [0, 0.05) is 44.7 Å². The third kappa shape index (κ3) is 6.76. The van der Waals surface area contributed by atoms with E-state index in [2.05, 4.69) is 22.5 Å². The molecule has 0 spiro atoms. The summed E-state index contributed by atoms with van der Waals surface area (Å²) in [6, 6.07) is 5.34. The SMILES string of the molecule is CCNC(=NCCc1ccco1)NC1CCN(C2CCCCC2)CC1.I. The first-order chi connectivity index (χ1) is 12.3. The molecule has 0 bridgehead atoms. The Morgan fingerprint density at radius 2 is 1.96 bits per heavy atom. The molecule has 1 saturated heterocycles. The summed E-state index contributed by atoms with van der Waals surface area (Å²) in [7, 11) is 0. The molecule has 1 saturated carbocycles. The molecular formula is C20H35IN4O. The number of aliphatic imine (C=N–C) groups is 1. The van der Waals surface area contributed by atoms with Gasteiger partial charge in [-0.25, -0.2) is 0 Å². The van der Waals surface area contributed by atoms with Crippen LogP contribution in [-0.2, 0) is 6.42 Å². The van der Waals surface area contributed by atoms with Crippen LogP contribution in [0.5, 0.6) is 0 Å². The Labute approximate surface area is 175 Å². The normalized spacial score (nSPS) is 20.6. The minimum absolute atomic E-state index is 0. The van der Waals surface area contributed by atoms with Gasteiger partial charge in [-0.05, 0) is 44.7 Å². The van der Waals surface area contributed by atoms with Crippen LogP contribution in [0, 0.1) is 0 Å². The van der Waals surface area contributed by atoms with Crippen LogP contribution in [0.2, 0.25) is 0 Å². The van der Waals surface area contributed by atoms with Crippen LogP contribution in [-0.4, -0.2) is 49.1 Å². The van der Waals surface area contributed by atoms with Gasteiger partial charge in [0.05, 0.1) is 6.26 Å². The van der Waals surface area contributed by atoms with E-state index in [1.54, 1.807) is 6.26 Å². The van der Waals surface area contributed by atoms with E-state index in [1.165, 1.54) is 58.0 Å². The Morgan fingerprint density at radius 3 is 2.62 bits per heavy atom. The van der Waals surface area contributed by atoms with Crippen molar-refractivity contribution >= 4 is 29.9 Å². The molecule has 0 radical (unpaired) electrons. The van der Waals surface area contributed by atoms with Crippen molar-refractivity contribution in [2.75, 3.05) is 26.2 Å². The lowest BCUT2D eigenvalue weighted by atomic mass is 9.92. The quantitative estimate of drug-likeness (QED) is 0.374. The standard InChI is InChI=1S/C20H34N4O.HI/c1-2-21-20(22-13-10-19-9-6-16-25-19)23-17-11-14-24(15-12-17)18-7-4-3-5-8-18;/h6,9,16-18H,2-5,7-8,10-15H2,1H3,(H2,21,22,23);1H. The van der Waals surface area contributed by atoms with Gasteiger partial charge in [0.2, 0.25) is 0 Å². The van der Waals surface area contributed by atoms with E-state index in [0.717, 1.165) is 37.3 Å². The first-order valence-corrected chi connectivity index (χ1v) is 10.2. The van der Waals surface area contributed by atoms with Crippen molar-refractivity contribution in [3.05, 3.63) is 24.2 Å². The molecule has 3 rings (SSSR count). The fourth-order valence-electron chi connectivity index (χ4n) is 4.10. The molecule has 2 heterocycles. The van der Waals surface area contributed by atoms with E-state index in [0.29, 0.717) is 6.04 Å². The molecule has 0 amide bonds. The lowest BCUT2D eigenvalue weighted by Gasteiger charge is -2.39. The van der Waals surface area contributed by atoms with Crippen LogP contribution < -0.4 is 10.6 Å². The van der Waals surface area contributed by atoms with Crippen LogP contribution in [0.15, 0.2) is 27.8 Å². The summed E-state index contributed by atoms with van der Waals surface area (Å²) in [5.74, 6) is 1.95.